The number of nitrogens with zero attached hydrogens (tertiary/aromatic N) is 6. The number of rotatable bonds is 5. The van der Waals surface area contributed by atoms with E-state index in [9.17, 15) is 16.8 Å². The maximum atomic E-state index is 13.9. The molecule has 0 N–H and O–H groups in total. The average molecular weight is 515 g/mol. The van der Waals surface area contributed by atoms with Crippen LogP contribution in [0.4, 0.5) is 0 Å². The smallest absolute Gasteiger partial charge is 0.259 e. The molecular formula is C23H26N6O4S2. The van der Waals surface area contributed by atoms with E-state index in [1.165, 1.54) is 39.7 Å². The molecule has 1 aromatic carbocycles. The van der Waals surface area contributed by atoms with Crippen molar-refractivity contribution < 1.29 is 16.8 Å². The number of pyridine rings is 1. The van der Waals surface area contributed by atoms with E-state index in [0.29, 0.717) is 35.6 Å². The minimum Gasteiger partial charge on any atom is -0.259 e. The summed E-state index contributed by atoms with van der Waals surface area (Å²) < 4.78 is 59.3. The molecule has 4 aromatic rings. The monoisotopic (exact) mass is 514 g/mol. The van der Waals surface area contributed by atoms with Crippen LogP contribution in [0.5, 0.6) is 0 Å². The molecule has 10 nitrogen and oxygen atoms in total. The summed E-state index contributed by atoms with van der Waals surface area (Å²) in [6, 6.07) is 7.75. The Labute approximate surface area is 204 Å². The summed E-state index contributed by atoms with van der Waals surface area (Å²) in [5.74, 6) is 0.343. The normalized spacial score (nSPS) is 15.6. The quantitative estimate of drug-likeness (QED) is 0.402. The van der Waals surface area contributed by atoms with Crippen molar-refractivity contribution in [2.75, 3.05) is 13.1 Å². The summed E-state index contributed by atoms with van der Waals surface area (Å²) >= 11 is 0. The second-order valence-electron chi connectivity index (χ2n) is 8.79. The highest BCUT2D eigenvalue weighted by atomic mass is 32.2. The molecule has 1 saturated heterocycles. The first kappa shape index (κ1) is 23.6. The van der Waals surface area contributed by atoms with Gasteiger partial charge >= 0.3 is 0 Å². The lowest BCUT2D eigenvalue weighted by molar-refractivity contribution is 0.345. The van der Waals surface area contributed by atoms with Crippen LogP contribution in [0.1, 0.15) is 30.5 Å². The summed E-state index contributed by atoms with van der Waals surface area (Å²) in [4.78, 5) is 8.71. The van der Waals surface area contributed by atoms with Gasteiger partial charge in [-0.05, 0) is 44.9 Å². The van der Waals surface area contributed by atoms with Gasteiger partial charge in [-0.25, -0.2) is 25.8 Å². The Morgan fingerprint density at radius 3 is 2.20 bits per heavy atom. The predicted octanol–water partition coefficient (Wildman–Crippen LogP) is 2.86. The van der Waals surface area contributed by atoms with Crippen molar-refractivity contribution in [2.24, 2.45) is 7.05 Å². The zero-order valence-corrected chi connectivity index (χ0v) is 21.3. The van der Waals surface area contributed by atoms with Crippen LogP contribution in [0.3, 0.4) is 0 Å². The predicted molar refractivity (Wildman–Crippen MR) is 131 cm³/mol. The van der Waals surface area contributed by atoms with Gasteiger partial charge in [0, 0.05) is 31.2 Å². The van der Waals surface area contributed by atoms with Crippen LogP contribution in [0.15, 0.2) is 52.8 Å². The van der Waals surface area contributed by atoms with Gasteiger partial charge in [0.2, 0.25) is 0 Å². The van der Waals surface area contributed by atoms with Crippen LogP contribution in [0, 0.1) is 13.8 Å². The molecule has 0 radical (unpaired) electrons. The lowest BCUT2D eigenvalue weighted by Crippen LogP contribution is -2.37. The number of hydrogen-bond donors (Lipinski definition) is 0. The van der Waals surface area contributed by atoms with Crippen molar-refractivity contribution >= 4 is 30.9 Å². The van der Waals surface area contributed by atoms with Crippen LogP contribution in [-0.4, -0.2) is 58.0 Å². The van der Waals surface area contributed by atoms with E-state index < -0.39 is 20.0 Å². The third-order valence-corrected chi connectivity index (χ3v) is 10.0. The van der Waals surface area contributed by atoms with E-state index in [0.717, 1.165) is 28.8 Å². The third-order valence-electron chi connectivity index (χ3n) is 6.28. The van der Waals surface area contributed by atoms with E-state index in [1.54, 1.807) is 26.1 Å². The Hall–Kier alpha value is -3.09. The standard InChI is InChI=1S/C23H26N6O4S2/c1-16-7-9-18(10-8-16)34(30,31)29-20-14-24-17(2)22(23-25-15-27(3)26-23)19(20)13-21(29)35(32,33)28-11-5-4-6-12-28/h7-10,13-15H,4-6,11-12H2,1-3H3. The number of fused-ring (bicyclic) bond motifs is 1. The van der Waals surface area contributed by atoms with Crippen molar-refractivity contribution in [2.45, 2.75) is 43.0 Å². The molecule has 1 aliphatic heterocycles. The lowest BCUT2D eigenvalue weighted by Gasteiger charge is -2.26. The first-order chi connectivity index (χ1) is 16.6. The van der Waals surface area contributed by atoms with Crippen molar-refractivity contribution in [3.05, 3.63) is 54.1 Å². The molecule has 4 heterocycles. The van der Waals surface area contributed by atoms with Crippen molar-refractivity contribution in [3.63, 3.8) is 0 Å². The Kier molecular flexibility index (Phi) is 5.77. The van der Waals surface area contributed by atoms with Crippen molar-refractivity contribution in [1.82, 2.24) is 28.0 Å². The molecule has 35 heavy (non-hydrogen) atoms. The molecule has 1 aliphatic rings. The minimum absolute atomic E-state index is 0.00576. The zero-order valence-electron chi connectivity index (χ0n) is 19.7. The molecule has 1 fully saturated rings. The van der Waals surface area contributed by atoms with Crippen molar-refractivity contribution in [3.8, 4) is 11.4 Å². The average Bonchev–Trinajstić information content (AvgIpc) is 3.44. The molecule has 0 amide bonds. The fraction of sp³-hybridized carbons (Fsp3) is 0.348. The number of piperidine rings is 1. The summed E-state index contributed by atoms with van der Waals surface area (Å²) in [6.45, 7) is 4.31. The van der Waals surface area contributed by atoms with Gasteiger partial charge in [-0.1, -0.05) is 24.1 Å². The highest BCUT2D eigenvalue weighted by Crippen LogP contribution is 2.36. The van der Waals surface area contributed by atoms with E-state index in [-0.39, 0.29) is 15.4 Å². The van der Waals surface area contributed by atoms with Crippen LogP contribution in [0.25, 0.3) is 22.3 Å². The molecule has 0 atom stereocenters. The van der Waals surface area contributed by atoms with Crippen LogP contribution >= 0.6 is 0 Å². The van der Waals surface area contributed by atoms with E-state index in [2.05, 4.69) is 15.1 Å². The number of benzene rings is 1. The second kappa shape index (κ2) is 8.54. The minimum atomic E-state index is -4.27. The SMILES string of the molecule is Cc1ccc(S(=O)(=O)n2c(S(=O)(=O)N3CCCCC3)cc3c(-c4ncn(C)n4)c(C)ncc32)cc1. The van der Waals surface area contributed by atoms with Crippen LogP contribution in [-0.2, 0) is 27.1 Å². The summed E-state index contributed by atoms with van der Waals surface area (Å²) in [6.07, 6.45) is 5.33. The van der Waals surface area contributed by atoms with Crippen molar-refractivity contribution in [1.29, 1.82) is 0 Å². The largest absolute Gasteiger partial charge is 0.269 e. The highest BCUT2D eigenvalue weighted by molar-refractivity contribution is 7.92. The Morgan fingerprint density at radius 2 is 1.57 bits per heavy atom. The Balaban J connectivity index is 1.85. The number of aromatic nitrogens is 5. The van der Waals surface area contributed by atoms with Gasteiger partial charge in [0.05, 0.1) is 22.2 Å². The Bertz CT molecular complexity index is 1630. The molecule has 0 spiro atoms. The summed E-state index contributed by atoms with van der Waals surface area (Å²) in [7, 11) is -6.67. The molecule has 0 aliphatic carbocycles. The molecule has 12 heteroatoms. The van der Waals surface area contributed by atoms with Crippen LogP contribution < -0.4 is 0 Å². The molecular weight excluding hydrogens is 488 g/mol. The first-order valence-electron chi connectivity index (χ1n) is 11.3. The van der Waals surface area contributed by atoms with E-state index >= 15 is 0 Å². The molecule has 0 unspecified atom stereocenters. The first-order valence-corrected chi connectivity index (χ1v) is 14.2. The second-order valence-corrected chi connectivity index (χ2v) is 12.5. The van der Waals surface area contributed by atoms with Gasteiger partial charge in [-0.2, -0.15) is 9.40 Å². The van der Waals surface area contributed by atoms with Crippen LogP contribution in [0.2, 0.25) is 0 Å². The fourth-order valence-electron chi connectivity index (χ4n) is 4.44. The molecule has 0 saturated carbocycles. The maximum absolute atomic E-state index is 13.9. The topological polar surface area (TPSA) is 120 Å². The molecule has 3 aromatic heterocycles. The van der Waals surface area contributed by atoms with Gasteiger partial charge in [-0.3, -0.25) is 9.67 Å². The van der Waals surface area contributed by atoms with Gasteiger partial charge in [0.25, 0.3) is 20.0 Å². The highest BCUT2D eigenvalue weighted by Gasteiger charge is 2.35. The van der Waals surface area contributed by atoms with Gasteiger partial charge in [0.1, 0.15) is 6.33 Å². The molecule has 5 rings (SSSR count). The third kappa shape index (κ3) is 3.95. The van der Waals surface area contributed by atoms with Gasteiger partial charge in [0.15, 0.2) is 10.9 Å². The lowest BCUT2D eigenvalue weighted by atomic mass is 10.1. The van der Waals surface area contributed by atoms with Gasteiger partial charge < -0.3 is 0 Å². The zero-order chi connectivity index (χ0) is 25.0. The maximum Gasteiger partial charge on any atom is 0.269 e. The number of sulfonamides is 1. The molecule has 184 valence electrons. The number of aryl methyl sites for hydroxylation is 3. The van der Waals surface area contributed by atoms with E-state index in [1.807, 2.05) is 6.92 Å². The summed E-state index contributed by atoms with van der Waals surface area (Å²) in [5.41, 5.74) is 2.11. The summed E-state index contributed by atoms with van der Waals surface area (Å²) in [5, 5.41) is 4.47. The fourth-order valence-corrected chi connectivity index (χ4v) is 7.98. The number of hydrogen-bond acceptors (Lipinski definition) is 7. The van der Waals surface area contributed by atoms with Gasteiger partial charge in [-0.15, -0.1) is 0 Å². The van der Waals surface area contributed by atoms with E-state index in [4.69, 9.17) is 0 Å². The molecule has 0 bridgehead atoms. The Morgan fingerprint density at radius 1 is 0.886 bits per heavy atom.